The molecule has 1 amide bonds. The summed E-state index contributed by atoms with van der Waals surface area (Å²) in [6.07, 6.45) is 3.36. The number of anilines is 1. The fourth-order valence-electron chi connectivity index (χ4n) is 2.23. The highest BCUT2D eigenvalue weighted by Crippen LogP contribution is 2.21. The van der Waals surface area contributed by atoms with Gasteiger partial charge in [0.05, 0.1) is 11.1 Å². The van der Waals surface area contributed by atoms with Crippen molar-refractivity contribution in [3.05, 3.63) is 59.4 Å². The van der Waals surface area contributed by atoms with Gasteiger partial charge in [0.1, 0.15) is 0 Å². The molecule has 0 aliphatic rings. The molecule has 1 aromatic heterocycles. The first kappa shape index (κ1) is 18.6. The van der Waals surface area contributed by atoms with Gasteiger partial charge in [0, 0.05) is 30.2 Å². The van der Waals surface area contributed by atoms with E-state index in [0.29, 0.717) is 23.4 Å². The molecule has 2 rings (SSSR count). The molecule has 0 radical (unpaired) electrons. The molecule has 25 heavy (non-hydrogen) atoms. The molecule has 0 spiro atoms. The molecule has 0 aliphatic carbocycles. The molecule has 0 atom stereocenters. The third-order valence-electron chi connectivity index (χ3n) is 4.41. The van der Waals surface area contributed by atoms with E-state index in [4.69, 9.17) is 5.73 Å². The van der Waals surface area contributed by atoms with Crippen LogP contribution in [-0.2, 0) is 6.54 Å². The molecule has 0 saturated heterocycles. The number of pyridine rings is 1. The zero-order chi connectivity index (χ0) is 18.6. The number of nitrogens with one attached hydrogen (secondary N) is 1. The van der Waals surface area contributed by atoms with Crippen molar-refractivity contribution < 1.29 is 9.59 Å². The van der Waals surface area contributed by atoms with Crippen molar-refractivity contribution in [2.24, 2.45) is 0 Å². The zero-order valence-electron chi connectivity index (χ0n) is 15.0. The molecule has 2 aromatic rings. The van der Waals surface area contributed by atoms with Gasteiger partial charge < -0.3 is 11.1 Å². The van der Waals surface area contributed by atoms with E-state index in [2.05, 4.69) is 10.3 Å². The van der Waals surface area contributed by atoms with Gasteiger partial charge in [-0.25, -0.2) is 0 Å². The lowest BCUT2D eigenvalue weighted by Crippen LogP contribution is -2.45. The van der Waals surface area contributed by atoms with Crippen LogP contribution < -0.4 is 11.1 Å². The number of nitrogens with two attached hydrogens (primary N) is 1. The Morgan fingerprint density at radius 3 is 2.56 bits per heavy atom. The topological polar surface area (TPSA) is 88.3 Å². The van der Waals surface area contributed by atoms with Gasteiger partial charge in [-0.15, -0.1) is 0 Å². The van der Waals surface area contributed by atoms with Crippen molar-refractivity contribution in [2.75, 3.05) is 19.8 Å². The smallest absolute Gasteiger partial charge is 0.253 e. The summed E-state index contributed by atoms with van der Waals surface area (Å²) < 4.78 is 0. The Balaban J connectivity index is 2.21. The Morgan fingerprint density at radius 1 is 1.24 bits per heavy atom. The molecule has 1 heterocycles. The van der Waals surface area contributed by atoms with Crippen molar-refractivity contribution in [3.8, 4) is 0 Å². The van der Waals surface area contributed by atoms with Crippen molar-refractivity contribution >= 4 is 17.4 Å². The minimum Gasteiger partial charge on any atom is -0.398 e. The minimum atomic E-state index is -0.681. The number of rotatable bonds is 6. The van der Waals surface area contributed by atoms with Crippen LogP contribution in [0.1, 0.15) is 40.1 Å². The average molecular weight is 340 g/mol. The van der Waals surface area contributed by atoms with Crippen LogP contribution in [-0.4, -0.2) is 41.2 Å². The van der Waals surface area contributed by atoms with E-state index in [1.165, 1.54) is 0 Å². The van der Waals surface area contributed by atoms with Crippen LogP contribution in [0.4, 0.5) is 5.69 Å². The molecule has 132 valence electrons. The summed E-state index contributed by atoms with van der Waals surface area (Å²) >= 11 is 0. The molecule has 1 aromatic carbocycles. The highest BCUT2D eigenvalue weighted by molar-refractivity contribution is 6.06. The number of nitrogen functional groups attached to an aromatic ring is 1. The first-order chi connectivity index (χ1) is 11.7. The highest BCUT2D eigenvalue weighted by atomic mass is 16.1. The Morgan fingerprint density at radius 2 is 1.96 bits per heavy atom. The maximum atomic E-state index is 12.8. The Bertz CT molecular complexity index is 770. The fraction of sp³-hybridized carbons (Fsp3) is 0.316. The lowest BCUT2D eigenvalue weighted by Gasteiger charge is -2.31. The fourth-order valence-corrected chi connectivity index (χ4v) is 2.23. The Kier molecular flexibility index (Phi) is 5.54. The van der Waals surface area contributed by atoms with E-state index in [1.54, 1.807) is 36.7 Å². The number of Topliss-reactive ketones (excluding diaryl/α,β-unsaturated/α-hetero) is 1. The lowest BCUT2D eigenvalue weighted by molar-refractivity contribution is 0.0755. The second-order valence-corrected chi connectivity index (χ2v) is 6.63. The zero-order valence-corrected chi connectivity index (χ0v) is 15.0. The summed E-state index contributed by atoms with van der Waals surface area (Å²) in [7, 11) is 3.69. The maximum absolute atomic E-state index is 12.8. The summed E-state index contributed by atoms with van der Waals surface area (Å²) in [6, 6.07) is 8.48. The number of carbonyl (C=O) groups excluding carboxylic acids is 2. The van der Waals surface area contributed by atoms with Crippen molar-refractivity contribution in [2.45, 2.75) is 25.9 Å². The summed E-state index contributed by atoms with van der Waals surface area (Å²) in [4.78, 5) is 31.1. The van der Waals surface area contributed by atoms with E-state index in [0.717, 1.165) is 5.56 Å². The van der Waals surface area contributed by atoms with Crippen LogP contribution in [0.25, 0.3) is 0 Å². The third-order valence-corrected chi connectivity index (χ3v) is 4.41. The predicted molar refractivity (Wildman–Crippen MR) is 98.4 cm³/mol. The number of ketones is 1. The van der Waals surface area contributed by atoms with Gasteiger partial charge in [0.2, 0.25) is 0 Å². The van der Waals surface area contributed by atoms with Crippen molar-refractivity contribution in [1.82, 2.24) is 15.2 Å². The van der Waals surface area contributed by atoms with Gasteiger partial charge in [-0.1, -0.05) is 6.07 Å². The van der Waals surface area contributed by atoms with E-state index in [9.17, 15) is 9.59 Å². The Hall–Kier alpha value is -2.73. The minimum absolute atomic E-state index is 0.0705. The number of hydrogen-bond acceptors (Lipinski definition) is 5. The second kappa shape index (κ2) is 7.44. The number of benzene rings is 1. The monoisotopic (exact) mass is 340 g/mol. The molecule has 0 saturated carbocycles. The SMILES string of the molecule is CN(C)C(C)(C)C(=O)c1ccc(N)c(C(=O)NCc2cccnc2)c1. The quantitative estimate of drug-likeness (QED) is 0.621. The van der Waals surface area contributed by atoms with Gasteiger partial charge in [-0.05, 0) is 57.8 Å². The predicted octanol–water partition coefficient (Wildman–Crippen LogP) is 2.12. The largest absolute Gasteiger partial charge is 0.398 e. The van der Waals surface area contributed by atoms with E-state index in [-0.39, 0.29) is 11.7 Å². The number of amides is 1. The van der Waals surface area contributed by atoms with Crippen LogP contribution in [0.15, 0.2) is 42.7 Å². The molecule has 3 N–H and O–H groups in total. The van der Waals surface area contributed by atoms with Gasteiger partial charge >= 0.3 is 0 Å². The number of likely N-dealkylation sites (N-methyl/N-ethyl adjacent to an activating group) is 1. The molecule has 0 unspecified atom stereocenters. The molecular weight excluding hydrogens is 316 g/mol. The standard InChI is InChI=1S/C19H24N4O2/c1-19(2,23(3)4)17(24)14-7-8-16(20)15(10-14)18(25)22-12-13-6-5-9-21-11-13/h5-11H,12,20H2,1-4H3,(H,22,25). The van der Waals surface area contributed by atoms with Crippen LogP contribution in [0.2, 0.25) is 0 Å². The van der Waals surface area contributed by atoms with E-state index >= 15 is 0 Å². The van der Waals surface area contributed by atoms with Gasteiger partial charge in [0.15, 0.2) is 5.78 Å². The summed E-state index contributed by atoms with van der Waals surface area (Å²) in [5, 5.41) is 2.80. The lowest BCUT2D eigenvalue weighted by atomic mass is 9.91. The normalized spacial score (nSPS) is 11.4. The van der Waals surface area contributed by atoms with Crippen LogP contribution in [0, 0.1) is 0 Å². The summed E-state index contributed by atoms with van der Waals surface area (Å²) in [5.41, 5.74) is 7.23. The van der Waals surface area contributed by atoms with Gasteiger partial charge in [-0.2, -0.15) is 0 Å². The van der Waals surface area contributed by atoms with Crippen LogP contribution >= 0.6 is 0 Å². The van der Waals surface area contributed by atoms with Crippen molar-refractivity contribution in [3.63, 3.8) is 0 Å². The summed E-state index contributed by atoms with van der Waals surface area (Å²) in [6.45, 7) is 4.02. The Labute approximate surface area is 148 Å². The number of hydrogen-bond donors (Lipinski definition) is 2. The van der Waals surface area contributed by atoms with E-state index in [1.807, 2.05) is 38.9 Å². The molecule has 6 heteroatoms. The molecule has 6 nitrogen and oxygen atoms in total. The first-order valence-electron chi connectivity index (χ1n) is 8.02. The average Bonchev–Trinajstić information content (AvgIpc) is 2.60. The number of aromatic nitrogens is 1. The highest BCUT2D eigenvalue weighted by Gasteiger charge is 2.31. The molecule has 0 aliphatic heterocycles. The number of carbonyl (C=O) groups is 2. The second-order valence-electron chi connectivity index (χ2n) is 6.63. The van der Waals surface area contributed by atoms with Crippen LogP contribution in [0.5, 0.6) is 0 Å². The van der Waals surface area contributed by atoms with Crippen LogP contribution in [0.3, 0.4) is 0 Å². The van der Waals surface area contributed by atoms with Gasteiger partial charge in [0.25, 0.3) is 5.91 Å². The molecular formula is C19H24N4O2. The third kappa shape index (κ3) is 4.22. The van der Waals surface area contributed by atoms with Gasteiger partial charge in [-0.3, -0.25) is 19.5 Å². The first-order valence-corrected chi connectivity index (χ1v) is 8.02. The van der Waals surface area contributed by atoms with Crippen molar-refractivity contribution in [1.29, 1.82) is 0 Å². The molecule has 0 bridgehead atoms. The summed E-state index contributed by atoms with van der Waals surface area (Å²) in [5.74, 6) is -0.391. The van der Waals surface area contributed by atoms with E-state index < -0.39 is 5.54 Å². The maximum Gasteiger partial charge on any atom is 0.253 e. The molecule has 0 fully saturated rings. The number of nitrogens with zero attached hydrogens (tertiary/aromatic N) is 2.